The number of aromatic nitrogens is 1. The molecule has 1 saturated carbocycles. The first-order chi connectivity index (χ1) is 14.6. The van der Waals surface area contributed by atoms with Crippen molar-refractivity contribution in [1.29, 1.82) is 0 Å². The van der Waals surface area contributed by atoms with Crippen LogP contribution in [0.5, 0.6) is 0 Å². The number of ether oxygens (including phenoxy) is 1. The second kappa shape index (κ2) is 10.3. The number of sulfonamides is 1. The molecule has 1 atom stereocenters. The van der Waals surface area contributed by atoms with E-state index >= 15 is 0 Å². The quantitative estimate of drug-likeness (QED) is 0.636. The molecule has 0 unspecified atom stereocenters. The molecule has 2 aromatic rings. The first-order valence-corrected chi connectivity index (χ1v) is 12.6. The van der Waals surface area contributed by atoms with Gasteiger partial charge in [0.05, 0.1) is 30.0 Å². The van der Waals surface area contributed by atoms with Crippen LogP contribution in [-0.2, 0) is 14.8 Å². The summed E-state index contributed by atoms with van der Waals surface area (Å²) in [6.45, 7) is 1.87. The Morgan fingerprint density at radius 1 is 1.26 bits per heavy atom. The van der Waals surface area contributed by atoms with Crippen molar-refractivity contribution in [2.24, 2.45) is 0 Å². The molecule has 1 aromatic carbocycles. The molecular formula is C22H28ClFN2O4S. The summed E-state index contributed by atoms with van der Waals surface area (Å²) >= 11 is 6.12. The number of nitrogens with zero attached hydrogens (tertiary/aromatic N) is 1. The predicted octanol–water partition coefficient (Wildman–Crippen LogP) is 3.78. The van der Waals surface area contributed by atoms with Gasteiger partial charge in [-0.2, -0.15) is 0 Å². The van der Waals surface area contributed by atoms with Crippen LogP contribution in [0.15, 0.2) is 41.3 Å². The molecule has 9 heteroatoms. The van der Waals surface area contributed by atoms with Gasteiger partial charge in [-0.3, -0.25) is 4.79 Å². The summed E-state index contributed by atoms with van der Waals surface area (Å²) in [7, 11) is -3.43. The Hall–Kier alpha value is -1.74. The second-order valence-electron chi connectivity index (χ2n) is 8.19. The maximum atomic E-state index is 13.5. The van der Waals surface area contributed by atoms with Crippen molar-refractivity contribution in [2.45, 2.75) is 50.7 Å². The molecule has 0 radical (unpaired) electrons. The summed E-state index contributed by atoms with van der Waals surface area (Å²) in [6, 6.07) is 7.78. The SMILES string of the molecule is Cc1cc(Cl)cn([C@@H](CNS(C)(=O)=O)COC2CCC(c3cccc(F)c3)CC2)c1=O. The van der Waals surface area contributed by atoms with E-state index in [2.05, 4.69) is 4.72 Å². The van der Waals surface area contributed by atoms with Crippen molar-refractivity contribution in [3.05, 3.63) is 68.8 Å². The number of aryl methyl sites for hydroxylation is 1. The standard InChI is InChI=1S/C22H28ClFN2O4S/c1-15-10-18(23)13-26(22(15)27)20(12-25-31(2,28)29)14-30-21-8-6-16(7-9-21)17-4-3-5-19(24)11-17/h3-5,10-11,13,16,20-21,25H,6-9,12,14H2,1-2H3/t16?,20-,21?/m0/s1. The molecule has 170 valence electrons. The van der Waals surface area contributed by atoms with Gasteiger partial charge < -0.3 is 9.30 Å². The van der Waals surface area contributed by atoms with E-state index in [0.29, 0.717) is 16.5 Å². The number of hydrogen-bond donors (Lipinski definition) is 1. The summed E-state index contributed by atoms with van der Waals surface area (Å²) in [5.41, 5.74) is 1.25. The zero-order valence-corrected chi connectivity index (χ0v) is 19.3. The van der Waals surface area contributed by atoms with Crippen LogP contribution < -0.4 is 10.3 Å². The molecule has 0 bridgehead atoms. The van der Waals surface area contributed by atoms with Crippen LogP contribution in [0.4, 0.5) is 4.39 Å². The lowest BCUT2D eigenvalue weighted by molar-refractivity contribution is 0.00734. The van der Waals surface area contributed by atoms with Gasteiger partial charge in [0.15, 0.2) is 0 Å². The van der Waals surface area contributed by atoms with Gasteiger partial charge in [-0.05, 0) is 62.3 Å². The van der Waals surface area contributed by atoms with Crippen molar-refractivity contribution in [3.63, 3.8) is 0 Å². The Morgan fingerprint density at radius 3 is 2.61 bits per heavy atom. The van der Waals surface area contributed by atoms with E-state index in [4.69, 9.17) is 16.3 Å². The molecule has 1 aromatic heterocycles. The highest BCUT2D eigenvalue weighted by Crippen LogP contribution is 2.34. The minimum Gasteiger partial charge on any atom is -0.376 e. The van der Waals surface area contributed by atoms with Gasteiger partial charge in [0, 0.05) is 18.3 Å². The fourth-order valence-electron chi connectivity index (χ4n) is 4.03. The van der Waals surface area contributed by atoms with E-state index in [1.54, 1.807) is 25.1 Å². The summed E-state index contributed by atoms with van der Waals surface area (Å²) < 4.78 is 46.7. The Morgan fingerprint density at radius 2 is 1.97 bits per heavy atom. The van der Waals surface area contributed by atoms with E-state index < -0.39 is 16.1 Å². The van der Waals surface area contributed by atoms with E-state index in [-0.39, 0.29) is 30.6 Å². The third-order valence-corrected chi connectivity index (χ3v) is 6.58. The lowest BCUT2D eigenvalue weighted by Gasteiger charge is -2.30. The van der Waals surface area contributed by atoms with E-state index in [9.17, 15) is 17.6 Å². The molecule has 0 saturated heterocycles. The average Bonchev–Trinajstić information content (AvgIpc) is 2.71. The summed E-state index contributed by atoms with van der Waals surface area (Å²) in [4.78, 5) is 12.6. The third-order valence-electron chi connectivity index (χ3n) is 5.68. The van der Waals surface area contributed by atoms with E-state index in [1.807, 2.05) is 6.07 Å². The predicted molar refractivity (Wildman–Crippen MR) is 120 cm³/mol. The van der Waals surface area contributed by atoms with E-state index in [1.165, 1.54) is 16.8 Å². The lowest BCUT2D eigenvalue weighted by atomic mass is 9.83. The minimum atomic E-state index is -3.43. The average molecular weight is 471 g/mol. The lowest BCUT2D eigenvalue weighted by Crippen LogP contribution is -2.38. The van der Waals surface area contributed by atoms with E-state index in [0.717, 1.165) is 37.5 Å². The topological polar surface area (TPSA) is 77.4 Å². The monoisotopic (exact) mass is 470 g/mol. The molecule has 6 nitrogen and oxygen atoms in total. The maximum Gasteiger partial charge on any atom is 0.253 e. The molecule has 1 aliphatic carbocycles. The van der Waals surface area contributed by atoms with Crippen molar-refractivity contribution in [1.82, 2.24) is 9.29 Å². The van der Waals surface area contributed by atoms with Crippen LogP contribution >= 0.6 is 11.6 Å². The van der Waals surface area contributed by atoms with Gasteiger partial charge in [-0.25, -0.2) is 17.5 Å². The highest BCUT2D eigenvalue weighted by Gasteiger charge is 2.25. The molecule has 1 fully saturated rings. The van der Waals surface area contributed by atoms with Gasteiger partial charge in [-0.1, -0.05) is 23.7 Å². The summed E-state index contributed by atoms with van der Waals surface area (Å²) in [6.07, 6.45) is 5.99. The highest BCUT2D eigenvalue weighted by atomic mass is 35.5. The first-order valence-electron chi connectivity index (χ1n) is 10.3. The Balaban J connectivity index is 1.65. The van der Waals surface area contributed by atoms with Crippen LogP contribution in [0.1, 0.15) is 48.8 Å². The van der Waals surface area contributed by atoms with Crippen molar-refractivity contribution >= 4 is 21.6 Å². The zero-order valence-electron chi connectivity index (χ0n) is 17.7. The normalized spacial score (nSPS) is 20.5. The van der Waals surface area contributed by atoms with Crippen LogP contribution in [0, 0.1) is 12.7 Å². The maximum absolute atomic E-state index is 13.5. The zero-order chi connectivity index (χ0) is 22.6. The molecule has 0 amide bonds. The number of hydrogen-bond acceptors (Lipinski definition) is 4. The Labute approximate surface area is 187 Å². The number of rotatable bonds is 8. The Kier molecular flexibility index (Phi) is 7.91. The minimum absolute atomic E-state index is 0.00141. The molecule has 31 heavy (non-hydrogen) atoms. The first kappa shape index (κ1) is 23.9. The molecule has 1 aliphatic rings. The molecule has 1 heterocycles. The van der Waals surface area contributed by atoms with Crippen LogP contribution in [0.2, 0.25) is 5.02 Å². The summed E-state index contributed by atoms with van der Waals surface area (Å²) in [5.74, 6) is 0.0794. The van der Waals surface area contributed by atoms with Crippen LogP contribution in [0.25, 0.3) is 0 Å². The number of pyridine rings is 1. The van der Waals surface area contributed by atoms with Gasteiger partial charge in [-0.15, -0.1) is 0 Å². The fraction of sp³-hybridized carbons (Fsp3) is 0.500. The van der Waals surface area contributed by atoms with Crippen LogP contribution in [-0.4, -0.2) is 38.5 Å². The van der Waals surface area contributed by atoms with Gasteiger partial charge in [0.25, 0.3) is 5.56 Å². The van der Waals surface area contributed by atoms with Crippen molar-refractivity contribution in [2.75, 3.05) is 19.4 Å². The molecule has 1 N–H and O–H groups in total. The number of benzene rings is 1. The third kappa shape index (κ3) is 6.87. The summed E-state index contributed by atoms with van der Waals surface area (Å²) in [5, 5.41) is 0.400. The smallest absolute Gasteiger partial charge is 0.253 e. The number of halogens is 2. The largest absolute Gasteiger partial charge is 0.376 e. The molecule has 0 aliphatic heterocycles. The number of nitrogens with one attached hydrogen (secondary N) is 1. The van der Waals surface area contributed by atoms with Gasteiger partial charge in [0.1, 0.15) is 5.82 Å². The molecule has 3 rings (SSSR count). The molecular weight excluding hydrogens is 443 g/mol. The van der Waals surface area contributed by atoms with Gasteiger partial charge in [0.2, 0.25) is 10.0 Å². The van der Waals surface area contributed by atoms with Crippen molar-refractivity contribution < 1.29 is 17.5 Å². The Bertz CT molecular complexity index is 1070. The van der Waals surface area contributed by atoms with Crippen LogP contribution in [0.3, 0.4) is 0 Å². The highest BCUT2D eigenvalue weighted by molar-refractivity contribution is 7.88. The fourth-order valence-corrected chi connectivity index (χ4v) is 4.79. The second-order valence-corrected chi connectivity index (χ2v) is 10.5. The van der Waals surface area contributed by atoms with Crippen molar-refractivity contribution in [3.8, 4) is 0 Å². The molecule has 0 spiro atoms. The van der Waals surface area contributed by atoms with Gasteiger partial charge >= 0.3 is 0 Å².